The standard InChI is InChI=1S/C19H22N4O3/c1-21-16-11-22(8-6-13(16)10-18(21)25)17(24)7-9-23-12-20-15-5-3-2-4-14(15)19(23)26/h2-5,12-13,16H,6-11H2,1H3/t13-,16-/m1/s1. The summed E-state index contributed by atoms with van der Waals surface area (Å²) < 4.78 is 1.50. The average Bonchev–Trinajstić information content (AvgIpc) is 2.95. The zero-order valence-electron chi connectivity index (χ0n) is 14.8. The van der Waals surface area contributed by atoms with Gasteiger partial charge in [0.05, 0.1) is 23.3 Å². The molecule has 0 saturated carbocycles. The molecule has 2 amide bonds. The second-order valence-corrected chi connectivity index (χ2v) is 7.17. The zero-order valence-corrected chi connectivity index (χ0v) is 14.8. The van der Waals surface area contributed by atoms with Gasteiger partial charge in [0.25, 0.3) is 5.56 Å². The van der Waals surface area contributed by atoms with Crippen molar-refractivity contribution in [2.45, 2.75) is 31.8 Å². The van der Waals surface area contributed by atoms with Gasteiger partial charge in [0, 0.05) is 39.5 Å². The lowest BCUT2D eigenvalue weighted by Gasteiger charge is -2.37. The van der Waals surface area contributed by atoms with E-state index in [0.717, 1.165) is 6.42 Å². The SMILES string of the molecule is CN1C(=O)C[C@H]2CCN(C(=O)CCn3cnc4ccccc4c3=O)C[C@H]21. The molecule has 0 unspecified atom stereocenters. The number of likely N-dealkylation sites (N-methyl/N-ethyl adjacent to an activating group) is 1. The van der Waals surface area contributed by atoms with Crippen molar-refractivity contribution in [1.82, 2.24) is 19.4 Å². The smallest absolute Gasteiger partial charge is 0.261 e. The highest BCUT2D eigenvalue weighted by molar-refractivity contribution is 5.80. The summed E-state index contributed by atoms with van der Waals surface area (Å²) >= 11 is 0. The molecule has 26 heavy (non-hydrogen) atoms. The minimum atomic E-state index is -0.122. The monoisotopic (exact) mass is 354 g/mol. The summed E-state index contributed by atoms with van der Waals surface area (Å²) in [6, 6.07) is 7.34. The number of carbonyl (C=O) groups is 2. The van der Waals surface area contributed by atoms with Gasteiger partial charge in [-0.05, 0) is 24.5 Å². The van der Waals surface area contributed by atoms with E-state index in [1.807, 2.05) is 24.1 Å². The van der Waals surface area contributed by atoms with E-state index in [0.29, 0.717) is 42.9 Å². The van der Waals surface area contributed by atoms with Gasteiger partial charge in [0.2, 0.25) is 11.8 Å². The molecular formula is C19H22N4O3. The van der Waals surface area contributed by atoms with Crippen molar-refractivity contribution in [3.63, 3.8) is 0 Å². The summed E-state index contributed by atoms with van der Waals surface area (Å²) in [5.74, 6) is 0.559. The lowest BCUT2D eigenvalue weighted by atomic mass is 9.92. The largest absolute Gasteiger partial charge is 0.341 e. The lowest BCUT2D eigenvalue weighted by Crippen LogP contribution is -2.49. The molecule has 136 valence electrons. The Labute approximate surface area is 151 Å². The van der Waals surface area contributed by atoms with Crippen molar-refractivity contribution in [1.29, 1.82) is 0 Å². The lowest BCUT2D eigenvalue weighted by molar-refractivity contribution is -0.135. The third-order valence-corrected chi connectivity index (χ3v) is 5.70. The first-order chi connectivity index (χ1) is 12.5. The summed E-state index contributed by atoms with van der Waals surface area (Å²) in [5, 5.41) is 0.564. The van der Waals surface area contributed by atoms with E-state index in [1.54, 1.807) is 17.0 Å². The molecule has 2 fully saturated rings. The number of piperidine rings is 1. The first-order valence-electron chi connectivity index (χ1n) is 9.02. The van der Waals surface area contributed by atoms with E-state index < -0.39 is 0 Å². The van der Waals surface area contributed by atoms with Gasteiger partial charge in [0.1, 0.15) is 0 Å². The maximum absolute atomic E-state index is 12.6. The number of hydrogen-bond donors (Lipinski definition) is 0. The number of rotatable bonds is 3. The Morgan fingerprint density at radius 3 is 2.92 bits per heavy atom. The zero-order chi connectivity index (χ0) is 18.3. The van der Waals surface area contributed by atoms with Gasteiger partial charge in [0.15, 0.2) is 0 Å². The van der Waals surface area contributed by atoms with E-state index in [4.69, 9.17) is 0 Å². The van der Waals surface area contributed by atoms with E-state index in [2.05, 4.69) is 4.98 Å². The number of likely N-dealkylation sites (tertiary alicyclic amines) is 2. The van der Waals surface area contributed by atoms with Crippen LogP contribution in [0.2, 0.25) is 0 Å². The number of aryl methyl sites for hydroxylation is 1. The predicted molar refractivity (Wildman–Crippen MR) is 96.5 cm³/mol. The molecule has 1 aromatic heterocycles. The molecular weight excluding hydrogens is 332 g/mol. The average molecular weight is 354 g/mol. The van der Waals surface area contributed by atoms with Crippen LogP contribution < -0.4 is 5.56 Å². The number of hydrogen-bond acceptors (Lipinski definition) is 4. The molecule has 0 aliphatic carbocycles. The van der Waals surface area contributed by atoms with Crippen molar-refractivity contribution >= 4 is 22.7 Å². The van der Waals surface area contributed by atoms with Crippen LogP contribution in [-0.2, 0) is 16.1 Å². The highest BCUT2D eigenvalue weighted by Crippen LogP contribution is 2.31. The number of nitrogens with zero attached hydrogens (tertiary/aromatic N) is 4. The second kappa shape index (κ2) is 6.55. The van der Waals surface area contributed by atoms with Crippen LogP contribution in [0.4, 0.5) is 0 Å². The highest BCUT2D eigenvalue weighted by Gasteiger charge is 2.41. The molecule has 4 rings (SSSR count). The molecule has 0 spiro atoms. The molecule has 3 heterocycles. The van der Waals surface area contributed by atoms with Gasteiger partial charge in [-0.15, -0.1) is 0 Å². The van der Waals surface area contributed by atoms with Gasteiger partial charge in [-0.2, -0.15) is 0 Å². The van der Waals surface area contributed by atoms with Crippen molar-refractivity contribution in [2.24, 2.45) is 5.92 Å². The van der Waals surface area contributed by atoms with Crippen molar-refractivity contribution in [2.75, 3.05) is 20.1 Å². The molecule has 7 heteroatoms. The Hall–Kier alpha value is -2.70. The minimum Gasteiger partial charge on any atom is -0.341 e. The number of para-hydroxylation sites is 1. The predicted octanol–water partition coefficient (Wildman–Crippen LogP) is 0.866. The van der Waals surface area contributed by atoms with Crippen LogP contribution in [0.5, 0.6) is 0 Å². The second-order valence-electron chi connectivity index (χ2n) is 7.17. The van der Waals surface area contributed by atoms with Crippen LogP contribution >= 0.6 is 0 Å². The highest BCUT2D eigenvalue weighted by atomic mass is 16.2. The van der Waals surface area contributed by atoms with E-state index >= 15 is 0 Å². The maximum atomic E-state index is 12.6. The molecule has 2 aliphatic rings. The summed E-state index contributed by atoms with van der Waals surface area (Å²) in [6.07, 6.45) is 3.23. The first-order valence-corrected chi connectivity index (χ1v) is 9.02. The Morgan fingerprint density at radius 1 is 1.27 bits per heavy atom. The fourth-order valence-corrected chi connectivity index (χ4v) is 4.08. The van der Waals surface area contributed by atoms with Gasteiger partial charge >= 0.3 is 0 Å². The van der Waals surface area contributed by atoms with E-state index in [1.165, 1.54) is 10.9 Å². The van der Waals surface area contributed by atoms with Crippen LogP contribution in [0.3, 0.4) is 0 Å². The molecule has 2 aliphatic heterocycles. The molecule has 0 radical (unpaired) electrons. The number of aromatic nitrogens is 2. The summed E-state index contributed by atoms with van der Waals surface area (Å²) in [4.78, 5) is 44.9. The quantitative estimate of drug-likeness (QED) is 0.819. The van der Waals surface area contributed by atoms with Crippen LogP contribution in [0.25, 0.3) is 10.9 Å². The summed E-state index contributed by atoms with van der Waals surface area (Å²) in [6.45, 7) is 1.59. The fraction of sp³-hybridized carbons (Fsp3) is 0.474. The molecule has 0 N–H and O–H groups in total. The molecule has 2 atom stereocenters. The molecule has 2 aromatic rings. The maximum Gasteiger partial charge on any atom is 0.261 e. The molecule has 0 bridgehead atoms. The number of carbonyl (C=O) groups excluding carboxylic acids is 2. The molecule has 1 aromatic carbocycles. The van der Waals surface area contributed by atoms with Gasteiger partial charge < -0.3 is 9.80 Å². The van der Waals surface area contributed by atoms with Crippen molar-refractivity contribution < 1.29 is 9.59 Å². The third kappa shape index (κ3) is 2.87. The van der Waals surface area contributed by atoms with E-state index in [9.17, 15) is 14.4 Å². The number of amides is 2. The van der Waals surface area contributed by atoms with Gasteiger partial charge in [-0.3, -0.25) is 19.0 Å². The van der Waals surface area contributed by atoms with Crippen LogP contribution in [-0.4, -0.2) is 57.3 Å². The Balaban J connectivity index is 1.42. The normalized spacial score (nSPS) is 22.7. The fourth-order valence-electron chi connectivity index (χ4n) is 4.08. The van der Waals surface area contributed by atoms with E-state index in [-0.39, 0.29) is 29.8 Å². The topological polar surface area (TPSA) is 75.5 Å². The molecule has 7 nitrogen and oxygen atoms in total. The van der Waals surface area contributed by atoms with Crippen LogP contribution in [0.1, 0.15) is 19.3 Å². The molecule has 2 saturated heterocycles. The summed E-state index contributed by atoms with van der Waals surface area (Å²) in [7, 11) is 1.82. The Morgan fingerprint density at radius 2 is 2.08 bits per heavy atom. The number of benzene rings is 1. The van der Waals surface area contributed by atoms with Crippen molar-refractivity contribution in [3.8, 4) is 0 Å². The Bertz CT molecular complexity index is 922. The van der Waals surface area contributed by atoms with Gasteiger partial charge in [-0.1, -0.05) is 12.1 Å². The van der Waals surface area contributed by atoms with Crippen molar-refractivity contribution in [3.05, 3.63) is 40.9 Å². The van der Waals surface area contributed by atoms with Crippen LogP contribution in [0, 0.1) is 5.92 Å². The first kappa shape index (κ1) is 16.8. The summed E-state index contributed by atoms with van der Waals surface area (Å²) in [5.41, 5.74) is 0.541. The minimum absolute atomic E-state index is 0.0243. The van der Waals surface area contributed by atoms with Crippen LogP contribution in [0.15, 0.2) is 35.4 Å². The Kier molecular flexibility index (Phi) is 4.22. The van der Waals surface area contributed by atoms with Gasteiger partial charge in [-0.25, -0.2) is 4.98 Å². The number of fused-ring (bicyclic) bond motifs is 2. The third-order valence-electron chi connectivity index (χ3n) is 5.70.